The quantitative estimate of drug-likeness (QED) is 0.314. The van der Waals surface area contributed by atoms with Gasteiger partial charge in [-0.3, -0.25) is 14.2 Å². The summed E-state index contributed by atoms with van der Waals surface area (Å²) in [6.07, 6.45) is 0.148. The Bertz CT molecular complexity index is 629. The summed E-state index contributed by atoms with van der Waals surface area (Å²) in [6.45, 7) is 3.12. The van der Waals surface area contributed by atoms with E-state index in [0.29, 0.717) is 58.4 Å². The predicted octanol–water partition coefficient (Wildman–Crippen LogP) is -0.448. The molecule has 3 rings (SSSR count). The van der Waals surface area contributed by atoms with E-state index in [4.69, 9.17) is 23.6 Å². The second-order valence-electron chi connectivity index (χ2n) is 7.85. The Labute approximate surface area is 175 Å². The number of ether oxygens (including phenoxy) is 3. The molecule has 0 aromatic heterocycles. The van der Waals surface area contributed by atoms with Gasteiger partial charge in [0.25, 0.3) is 0 Å². The Balaban J connectivity index is 1.33. The average Bonchev–Trinajstić information content (AvgIpc) is 2.66. The first kappa shape index (κ1) is 23.6. The molecule has 3 fully saturated rings. The van der Waals surface area contributed by atoms with Gasteiger partial charge in [0.05, 0.1) is 12.7 Å². The molecule has 0 saturated carbocycles. The Hall–Kier alpha value is -1.07. The van der Waals surface area contributed by atoms with Gasteiger partial charge in [-0.25, -0.2) is 0 Å². The van der Waals surface area contributed by atoms with Crippen molar-refractivity contribution in [2.75, 3.05) is 26.3 Å². The third kappa shape index (κ3) is 6.23. The highest BCUT2D eigenvalue weighted by Gasteiger charge is 2.51. The summed E-state index contributed by atoms with van der Waals surface area (Å²) in [5.41, 5.74) is 0. The van der Waals surface area contributed by atoms with Gasteiger partial charge in [-0.2, -0.15) is 0 Å². The molecule has 3 unspecified atom stereocenters. The summed E-state index contributed by atoms with van der Waals surface area (Å²) in [7, 11) is -2.94. The lowest BCUT2D eigenvalue weighted by Crippen LogP contribution is -2.69. The van der Waals surface area contributed by atoms with Gasteiger partial charge in [0.1, 0.15) is 24.4 Å². The maximum atomic E-state index is 12.3. The van der Waals surface area contributed by atoms with Gasteiger partial charge in [-0.05, 0) is 25.7 Å². The molecule has 3 aliphatic heterocycles. The number of fused-ring (bicyclic) bond motifs is 1. The van der Waals surface area contributed by atoms with Crippen LogP contribution in [0.4, 0.5) is 0 Å². The van der Waals surface area contributed by atoms with E-state index in [1.54, 1.807) is 4.90 Å². The van der Waals surface area contributed by atoms with Crippen LogP contribution in [0.1, 0.15) is 39.0 Å². The number of hydrogen-bond acceptors (Lipinski definition) is 8. The molecule has 172 valence electrons. The fourth-order valence-electron chi connectivity index (χ4n) is 3.98. The molecule has 0 aliphatic carbocycles. The van der Waals surface area contributed by atoms with Crippen molar-refractivity contribution in [1.82, 2.24) is 10.2 Å². The van der Waals surface area contributed by atoms with E-state index >= 15 is 0 Å². The van der Waals surface area contributed by atoms with Gasteiger partial charge in [-0.1, -0.05) is 0 Å². The van der Waals surface area contributed by atoms with Crippen LogP contribution in [0.3, 0.4) is 0 Å². The summed E-state index contributed by atoms with van der Waals surface area (Å²) >= 11 is 0. The van der Waals surface area contributed by atoms with Crippen LogP contribution in [0.5, 0.6) is 0 Å². The maximum absolute atomic E-state index is 12.3. The molecule has 0 aromatic rings. The fourth-order valence-corrected chi connectivity index (χ4v) is 4.50. The lowest BCUT2D eigenvalue weighted by molar-refractivity contribution is -0.327. The van der Waals surface area contributed by atoms with Gasteiger partial charge in [0.2, 0.25) is 11.8 Å². The maximum Gasteiger partial charge on any atom is 0.316 e. The van der Waals surface area contributed by atoms with Crippen molar-refractivity contribution >= 4 is 20.1 Å². The zero-order valence-electron chi connectivity index (χ0n) is 17.0. The fraction of sp³-hybridized carbons (Fsp3) is 0.889. The number of piperidine rings is 1. The molecule has 0 radical (unpaired) electrons. The van der Waals surface area contributed by atoms with E-state index in [-0.39, 0.29) is 24.0 Å². The number of aliphatic hydroxyl groups excluding tert-OH is 1. The number of amides is 2. The molecule has 30 heavy (non-hydrogen) atoms. The van der Waals surface area contributed by atoms with Crippen LogP contribution in [0, 0.1) is 0 Å². The Morgan fingerprint density at radius 3 is 2.60 bits per heavy atom. The molecule has 0 aromatic carbocycles. The number of unbranched alkanes of at least 4 members (excludes halogenated alkanes) is 1. The third-order valence-electron chi connectivity index (χ3n) is 5.63. The normalized spacial score (nSPS) is 32.8. The summed E-state index contributed by atoms with van der Waals surface area (Å²) in [5, 5.41) is 13.0. The summed E-state index contributed by atoms with van der Waals surface area (Å²) in [4.78, 5) is 34.3. The second kappa shape index (κ2) is 11.0. The molecule has 3 heterocycles. The molecule has 3 aliphatic rings. The number of carbonyl (C=O) groups is 2. The number of aliphatic hydroxyl groups is 1. The predicted molar refractivity (Wildman–Crippen MR) is 104 cm³/mol. The van der Waals surface area contributed by atoms with Gasteiger partial charge < -0.3 is 39.0 Å². The topological polar surface area (TPSA) is 144 Å². The monoisotopic (exact) mass is 450 g/mol. The third-order valence-corrected chi connectivity index (χ3v) is 6.16. The van der Waals surface area contributed by atoms with Crippen molar-refractivity contribution in [2.24, 2.45) is 0 Å². The molecule has 2 amide bonds. The van der Waals surface area contributed by atoms with Crippen LogP contribution in [0.2, 0.25) is 0 Å². The average molecular weight is 450 g/mol. The summed E-state index contributed by atoms with van der Waals surface area (Å²) in [6, 6.07) is -0.705. The first-order chi connectivity index (χ1) is 14.3. The van der Waals surface area contributed by atoms with Crippen LogP contribution in [0.15, 0.2) is 0 Å². The Kier molecular flexibility index (Phi) is 8.64. The molecule has 12 heteroatoms. The van der Waals surface area contributed by atoms with E-state index in [1.165, 1.54) is 6.92 Å². The number of hydrogen-bond donors (Lipinski definition) is 3. The lowest BCUT2D eigenvalue weighted by Gasteiger charge is -2.49. The SMILES string of the molecule is CC(=O)N[C@H]1C(O)[C@H]2OCC2O[C@H]1OCCCCC(=O)N1CCC(O[PH](=O)O)CC1. The molecular weight excluding hydrogens is 419 g/mol. The van der Waals surface area contributed by atoms with E-state index in [0.717, 1.165) is 0 Å². The number of carbonyl (C=O) groups excluding carboxylic acids is 2. The van der Waals surface area contributed by atoms with E-state index in [1.807, 2.05) is 0 Å². The van der Waals surface area contributed by atoms with Crippen molar-refractivity contribution < 1.29 is 42.9 Å². The van der Waals surface area contributed by atoms with Crippen molar-refractivity contribution in [2.45, 2.75) is 75.8 Å². The number of rotatable bonds is 9. The summed E-state index contributed by atoms with van der Waals surface area (Å²) in [5.74, 6) is -0.250. The van der Waals surface area contributed by atoms with Gasteiger partial charge in [-0.15, -0.1) is 0 Å². The van der Waals surface area contributed by atoms with Crippen LogP contribution in [-0.4, -0.2) is 89.8 Å². The van der Waals surface area contributed by atoms with E-state index in [2.05, 4.69) is 5.32 Å². The highest BCUT2D eigenvalue weighted by molar-refractivity contribution is 7.32. The Morgan fingerprint density at radius 2 is 2.00 bits per heavy atom. The molecule has 3 N–H and O–H groups in total. The van der Waals surface area contributed by atoms with E-state index in [9.17, 15) is 19.3 Å². The second-order valence-corrected chi connectivity index (χ2v) is 8.62. The minimum absolute atomic E-state index is 0.0417. The van der Waals surface area contributed by atoms with Crippen LogP contribution in [0.25, 0.3) is 0 Å². The zero-order chi connectivity index (χ0) is 21.7. The van der Waals surface area contributed by atoms with Gasteiger partial charge in [0.15, 0.2) is 6.29 Å². The Morgan fingerprint density at radius 1 is 1.27 bits per heavy atom. The van der Waals surface area contributed by atoms with Crippen molar-refractivity contribution in [3.63, 3.8) is 0 Å². The minimum Gasteiger partial charge on any atom is -0.388 e. The smallest absolute Gasteiger partial charge is 0.316 e. The summed E-state index contributed by atoms with van der Waals surface area (Å²) < 4.78 is 32.5. The molecule has 11 nitrogen and oxygen atoms in total. The van der Waals surface area contributed by atoms with Gasteiger partial charge in [0, 0.05) is 33.0 Å². The van der Waals surface area contributed by atoms with E-state index < -0.39 is 32.8 Å². The van der Waals surface area contributed by atoms with Crippen molar-refractivity contribution in [3.8, 4) is 0 Å². The molecule has 0 bridgehead atoms. The largest absolute Gasteiger partial charge is 0.388 e. The highest BCUT2D eigenvalue weighted by atomic mass is 31.1. The standard InChI is InChI=1S/C18H31N2O9P/c1-11(21)19-15-16(23)17-13(10-27-17)28-18(15)26-9-3-2-4-14(22)20-7-5-12(6-8-20)29-30(24)25/h12-13,15-18,23,30H,2-10H2,1H3,(H,19,21)(H,24,25)/t13?,15-,16?,17-,18+/m0/s1. The van der Waals surface area contributed by atoms with Crippen molar-refractivity contribution in [1.29, 1.82) is 0 Å². The molecule has 0 spiro atoms. The molecule has 6 atom stereocenters. The molecule has 3 saturated heterocycles. The first-order valence-electron chi connectivity index (χ1n) is 10.4. The lowest BCUT2D eigenvalue weighted by atomic mass is 9.93. The van der Waals surface area contributed by atoms with Crippen LogP contribution >= 0.6 is 8.25 Å². The number of nitrogens with zero attached hydrogens (tertiary/aromatic N) is 1. The zero-order valence-corrected chi connectivity index (χ0v) is 18.0. The van der Waals surface area contributed by atoms with Crippen molar-refractivity contribution in [3.05, 3.63) is 0 Å². The van der Waals surface area contributed by atoms with Gasteiger partial charge >= 0.3 is 8.25 Å². The van der Waals surface area contributed by atoms with Crippen LogP contribution < -0.4 is 5.32 Å². The molecular formula is C18H31N2O9P. The van der Waals surface area contributed by atoms with Crippen LogP contribution in [-0.2, 0) is 32.9 Å². The minimum atomic E-state index is -2.94. The number of likely N-dealkylation sites (tertiary alicyclic amines) is 1. The number of nitrogens with one attached hydrogen (secondary N) is 1. The first-order valence-corrected chi connectivity index (χ1v) is 11.6. The highest BCUT2D eigenvalue weighted by Crippen LogP contribution is 2.31.